The number of nitrogens with two attached hydrogens (primary N) is 1. The predicted molar refractivity (Wildman–Crippen MR) is 103 cm³/mol. The van der Waals surface area contributed by atoms with Crippen LogP contribution in [0.25, 0.3) is 0 Å². The van der Waals surface area contributed by atoms with E-state index in [2.05, 4.69) is 5.32 Å². The first kappa shape index (κ1) is 19.7. The first-order valence-electron chi connectivity index (χ1n) is 10.9. The van der Waals surface area contributed by atoms with Gasteiger partial charge >= 0.3 is 0 Å². The lowest BCUT2D eigenvalue weighted by atomic mass is 9.64. The van der Waals surface area contributed by atoms with E-state index in [0.717, 1.165) is 57.8 Å². The molecule has 3 aliphatic carbocycles. The number of nitrogens with one attached hydrogen (secondary N) is 1. The number of rotatable bonds is 5. The zero-order valence-corrected chi connectivity index (χ0v) is 16.6. The van der Waals surface area contributed by atoms with Gasteiger partial charge in [0.1, 0.15) is 5.54 Å². The maximum absolute atomic E-state index is 13.2. The van der Waals surface area contributed by atoms with Crippen molar-refractivity contribution in [2.75, 3.05) is 13.1 Å². The zero-order chi connectivity index (χ0) is 18.7. The van der Waals surface area contributed by atoms with E-state index in [4.69, 9.17) is 5.73 Å². The van der Waals surface area contributed by atoms with Gasteiger partial charge in [0.05, 0.1) is 0 Å². The van der Waals surface area contributed by atoms with Gasteiger partial charge in [-0.15, -0.1) is 0 Å². The van der Waals surface area contributed by atoms with Crippen molar-refractivity contribution in [2.45, 2.75) is 89.6 Å². The number of carbonyl (C=O) groups excluding carboxylic acids is 2. The molecular weight excluding hydrogens is 326 g/mol. The SMILES string of the molecule is CCN(CC)C(=O)C1(NC(=O)C2CC3CCCC(C2)C3N)CCCCC1. The third-order valence-corrected chi connectivity index (χ3v) is 7.31. The molecule has 2 unspecified atom stereocenters. The molecule has 3 N–H and O–H groups in total. The Hall–Kier alpha value is -1.10. The van der Waals surface area contributed by atoms with Gasteiger partial charge in [-0.1, -0.05) is 25.7 Å². The van der Waals surface area contributed by atoms with Crippen molar-refractivity contribution in [3.8, 4) is 0 Å². The van der Waals surface area contributed by atoms with Crippen LogP contribution in [0, 0.1) is 17.8 Å². The number of amides is 2. The summed E-state index contributed by atoms with van der Waals surface area (Å²) >= 11 is 0. The molecule has 3 saturated carbocycles. The standard InChI is InChI=1S/C21H37N3O2/c1-3-24(4-2)20(26)21(11-6-5-7-12-21)23-19(25)17-13-15-9-8-10-16(14-17)18(15)22/h15-18H,3-14,22H2,1-2H3,(H,23,25). The third-order valence-electron chi connectivity index (χ3n) is 7.31. The van der Waals surface area contributed by atoms with Crippen LogP contribution < -0.4 is 11.1 Å². The molecular formula is C21H37N3O2. The Morgan fingerprint density at radius 2 is 1.58 bits per heavy atom. The van der Waals surface area contributed by atoms with Crippen molar-refractivity contribution in [1.82, 2.24) is 10.2 Å². The monoisotopic (exact) mass is 363 g/mol. The van der Waals surface area contributed by atoms with Crippen LogP contribution in [0.15, 0.2) is 0 Å². The summed E-state index contributed by atoms with van der Waals surface area (Å²) < 4.78 is 0. The number of likely N-dealkylation sites (N-methyl/N-ethyl adjacent to an activating group) is 1. The minimum Gasteiger partial charge on any atom is -0.341 e. The first-order chi connectivity index (χ1) is 12.5. The highest BCUT2D eigenvalue weighted by Gasteiger charge is 2.46. The number of hydrogen-bond donors (Lipinski definition) is 2. The number of nitrogens with zero attached hydrogens (tertiary/aromatic N) is 1. The highest BCUT2D eigenvalue weighted by molar-refractivity contribution is 5.92. The summed E-state index contributed by atoms with van der Waals surface area (Å²) in [6.07, 6.45) is 10.1. The Morgan fingerprint density at radius 3 is 2.12 bits per heavy atom. The molecule has 3 aliphatic rings. The van der Waals surface area contributed by atoms with Gasteiger partial charge in [-0.25, -0.2) is 0 Å². The molecule has 2 atom stereocenters. The van der Waals surface area contributed by atoms with E-state index >= 15 is 0 Å². The predicted octanol–water partition coefficient (Wildman–Crippen LogP) is 2.83. The highest BCUT2D eigenvalue weighted by Crippen LogP contribution is 2.42. The van der Waals surface area contributed by atoms with Gasteiger partial charge in [0, 0.05) is 25.0 Å². The number of carbonyl (C=O) groups is 2. The molecule has 0 aliphatic heterocycles. The summed E-state index contributed by atoms with van der Waals surface area (Å²) in [6, 6.07) is 0.272. The van der Waals surface area contributed by atoms with E-state index in [0.29, 0.717) is 24.9 Å². The molecule has 3 rings (SSSR count). The van der Waals surface area contributed by atoms with E-state index in [9.17, 15) is 9.59 Å². The fourth-order valence-corrected chi connectivity index (χ4v) is 5.70. The summed E-state index contributed by atoms with van der Waals surface area (Å²) in [6.45, 7) is 5.44. The zero-order valence-electron chi connectivity index (χ0n) is 16.6. The fourth-order valence-electron chi connectivity index (χ4n) is 5.70. The van der Waals surface area contributed by atoms with Crippen LogP contribution in [-0.4, -0.2) is 41.4 Å². The lowest BCUT2D eigenvalue weighted by molar-refractivity contribution is -0.145. The Labute approximate surface area is 158 Å². The summed E-state index contributed by atoms with van der Waals surface area (Å²) in [5, 5.41) is 3.28. The van der Waals surface area contributed by atoms with Gasteiger partial charge in [0.25, 0.3) is 0 Å². The van der Waals surface area contributed by atoms with Crippen molar-refractivity contribution in [3.63, 3.8) is 0 Å². The molecule has 148 valence electrons. The lowest BCUT2D eigenvalue weighted by Gasteiger charge is -2.45. The van der Waals surface area contributed by atoms with Crippen molar-refractivity contribution >= 4 is 11.8 Å². The van der Waals surface area contributed by atoms with E-state index < -0.39 is 5.54 Å². The molecule has 0 radical (unpaired) electrons. The summed E-state index contributed by atoms with van der Waals surface area (Å²) in [7, 11) is 0. The number of fused-ring (bicyclic) bond motifs is 2. The van der Waals surface area contributed by atoms with E-state index in [1.165, 1.54) is 6.42 Å². The van der Waals surface area contributed by atoms with E-state index in [1.807, 2.05) is 18.7 Å². The average molecular weight is 364 g/mol. The summed E-state index contributed by atoms with van der Waals surface area (Å²) in [5.41, 5.74) is 5.72. The van der Waals surface area contributed by atoms with Crippen LogP contribution >= 0.6 is 0 Å². The second kappa shape index (κ2) is 8.28. The first-order valence-corrected chi connectivity index (χ1v) is 10.9. The topological polar surface area (TPSA) is 75.4 Å². The quantitative estimate of drug-likeness (QED) is 0.789. The van der Waals surface area contributed by atoms with E-state index in [-0.39, 0.29) is 23.8 Å². The molecule has 26 heavy (non-hydrogen) atoms. The van der Waals surface area contributed by atoms with Crippen LogP contribution in [0.2, 0.25) is 0 Å². The van der Waals surface area contributed by atoms with Crippen LogP contribution in [0.4, 0.5) is 0 Å². The Bertz CT molecular complexity index is 497. The largest absolute Gasteiger partial charge is 0.341 e. The second-order valence-electron chi connectivity index (χ2n) is 8.81. The minimum atomic E-state index is -0.671. The van der Waals surface area contributed by atoms with Crippen LogP contribution in [0.5, 0.6) is 0 Å². The Balaban J connectivity index is 1.72. The van der Waals surface area contributed by atoms with Crippen molar-refractivity contribution < 1.29 is 9.59 Å². The summed E-state index contributed by atoms with van der Waals surface area (Å²) in [4.78, 5) is 28.3. The third kappa shape index (κ3) is 3.78. The van der Waals surface area contributed by atoms with Crippen molar-refractivity contribution in [1.29, 1.82) is 0 Å². The van der Waals surface area contributed by atoms with Crippen molar-refractivity contribution in [3.05, 3.63) is 0 Å². The van der Waals surface area contributed by atoms with Gasteiger partial charge in [0.15, 0.2) is 0 Å². The van der Waals surface area contributed by atoms with Gasteiger partial charge in [0.2, 0.25) is 11.8 Å². The Morgan fingerprint density at radius 1 is 1.00 bits per heavy atom. The molecule has 0 aromatic rings. The second-order valence-corrected chi connectivity index (χ2v) is 8.81. The van der Waals surface area contributed by atoms with Crippen LogP contribution in [-0.2, 0) is 9.59 Å². The van der Waals surface area contributed by atoms with Crippen molar-refractivity contribution in [2.24, 2.45) is 23.5 Å². The fraction of sp³-hybridized carbons (Fsp3) is 0.905. The van der Waals surface area contributed by atoms with Gasteiger partial charge in [-0.2, -0.15) is 0 Å². The molecule has 5 heteroatoms. The average Bonchev–Trinajstić information content (AvgIpc) is 2.63. The maximum Gasteiger partial charge on any atom is 0.248 e. The molecule has 0 aromatic heterocycles. The van der Waals surface area contributed by atoms with Gasteiger partial charge in [-0.05, 0) is 64.2 Å². The molecule has 3 fully saturated rings. The molecule has 0 heterocycles. The normalized spacial score (nSPS) is 33.3. The Kier molecular flexibility index (Phi) is 6.26. The molecule has 2 amide bonds. The molecule has 2 bridgehead atoms. The minimum absolute atomic E-state index is 0.0356. The van der Waals surface area contributed by atoms with Crippen LogP contribution in [0.1, 0.15) is 78.1 Å². The number of hydrogen-bond acceptors (Lipinski definition) is 3. The molecule has 0 spiro atoms. The molecule has 5 nitrogen and oxygen atoms in total. The maximum atomic E-state index is 13.2. The van der Waals surface area contributed by atoms with E-state index in [1.54, 1.807) is 0 Å². The molecule has 0 saturated heterocycles. The lowest BCUT2D eigenvalue weighted by Crippen LogP contribution is -2.62. The molecule has 0 aromatic carbocycles. The van der Waals surface area contributed by atoms with Gasteiger partial charge in [-0.3, -0.25) is 9.59 Å². The van der Waals surface area contributed by atoms with Gasteiger partial charge < -0.3 is 16.0 Å². The summed E-state index contributed by atoms with van der Waals surface area (Å²) in [5.74, 6) is 1.24. The van der Waals surface area contributed by atoms with Crippen LogP contribution in [0.3, 0.4) is 0 Å². The smallest absolute Gasteiger partial charge is 0.248 e. The highest BCUT2D eigenvalue weighted by atomic mass is 16.2.